The smallest absolute Gasteiger partial charge is 0.264 e. The molecule has 28 heavy (non-hydrogen) atoms. The Morgan fingerprint density at radius 1 is 1.11 bits per heavy atom. The lowest BCUT2D eigenvalue weighted by molar-refractivity contribution is -0.136. The van der Waals surface area contributed by atoms with Crippen molar-refractivity contribution in [1.82, 2.24) is 0 Å². The van der Waals surface area contributed by atoms with Crippen LogP contribution in [-0.2, 0) is 23.2 Å². The molecule has 2 aromatic rings. The van der Waals surface area contributed by atoms with Gasteiger partial charge in [0.05, 0.1) is 12.1 Å². The number of benzene rings is 2. The third-order valence-electron chi connectivity index (χ3n) is 5.87. The molecule has 4 rings (SSSR count). The zero-order chi connectivity index (χ0) is 19.9. The Bertz CT molecular complexity index is 933. The second-order valence-corrected chi connectivity index (χ2v) is 8.48. The molecular formula is C24H27NO3. The van der Waals surface area contributed by atoms with Crippen molar-refractivity contribution in [1.29, 1.82) is 0 Å². The first-order valence-electron chi connectivity index (χ1n) is 10.2. The fourth-order valence-electron chi connectivity index (χ4n) is 4.47. The molecule has 2 aliphatic rings. The fourth-order valence-corrected chi connectivity index (χ4v) is 4.47. The van der Waals surface area contributed by atoms with Crippen molar-refractivity contribution >= 4 is 17.4 Å². The standard InChI is InChI=1S/C24H27NO3/c1-16(2)15-25-21-10-6-5-9-20(21)24(28,23(25)27)14-22(26)19-12-11-17-7-3-4-8-18(17)13-19/h5-6,9-13,16,28H,3-4,7-8,14-15H2,1-2H3. The van der Waals surface area contributed by atoms with Crippen molar-refractivity contribution < 1.29 is 14.7 Å². The summed E-state index contributed by atoms with van der Waals surface area (Å²) in [5, 5.41) is 11.4. The number of aliphatic hydroxyl groups is 1. The number of Topliss-reactive ketones (excluding diaryl/α,β-unsaturated/α-hetero) is 1. The van der Waals surface area contributed by atoms with Crippen LogP contribution in [0.4, 0.5) is 5.69 Å². The van der Waals surface area contributed by atoms with Gasteiger partial charge in [-0.2, -0.15) is 0 Å². The third-order valence-corrected chi connectivity index (χ3v) is 5.87. The number of carbonyl (C=O) groups excluding carboxylic acids is 2. The van der Waals surface area contributed by atoms with Gasteiger partial charge in [0.25, 0.3) is 5.91 Å². The number of rotatable bonds is 5. The maximum absolute atomic E-state index is 13.1. The number of aryl methyl sites for hydroxylation is 2. The number of hydrogen-bond acceptors (Lipinski definition) is 3. The van der Waals surface area contributed by atoms with Gasteiger partial charge in [0.15, 0.2) is 11.4 Å². The SMILES string of the molecule is CC(C)CN1C(=O)C(O)(CC(=O)c2ccc3c(c2)CCCC3)c2ccccc21. The molecule has 0 radical (unpaired) electrons. The van der Waals surface area contributed by atoms with Gasteiger partial charge < -0.3 is 10.0 Å². The van der Waals surface area contributed by atoms with E-state index in [0.717, 1.165) is 19.3 Å². The first-order valence-corrected chi connectivity index (χ1v) is 10.2. The van der Waals surface area contributed by atoms with Gasteiger partial charge in [0.2, 0.25) is 0 Å². The molecule has 1 aliphatic heterocycles. The lowest BCUT2D eigenvalue weighted by atomic mass is 9.85. The topological polar surface area (TPSA) is 57.6 Å². The minimum Gasteiger partial charge on any atom is -0.375 e. The number of fused-ring (bicyclic) bond motifs is 2. The van der Waals surface area contributed by atoms with Crippen LogP contribution in [0.25, 0.3) is 0 Å². The maximum Gasteiger partial charge on any atom is 0.264 e. The Balaban J connectivity index is 1.65. The van der Waals surface area contributed by atoms with E-state index in [-0.39, 0.29) is 18.1 Å². The van der Waals surface area contributed by atoms with Crippen LogP contribution in [-0.4, -0.2) is 23.3 Å². The number of carbonyl (C=O) groups is 2. The van der Waals surface area contributed by atoms with Gasteiger partial charge in [0.1, 0.15) is 0 Å². The van der Waals surface area contributed by atoms with Crippen molar-refractivity contribution in [2.24, 2.45) is 5.92 Å². The highest BCUT2D eigenvalue weighted by molar-refractivity contribution is 6.10. The molecule has 1 unspecified atom stereocenters. The summed E-state index contributed by atoms with van der Waals surface area (Å²) in [6, 6.07) is 13.1. The monoisotopic (exact) mass is 377 g/mol. The van der Waals surface area contributed by atoms with Gasteiger partial charge >= 0.3 is 0 Å². The van der Waals surface area contributed by atoms with Crippen LogP contribution in [0.3, 0.4) is 0 Å². The molecule has 0 saturated heterocycles. The lowest BCUT2D eigenvalue weighted by Gasteiger charge is -2.24. The van der Waals surface area contributed by atoms with E-state index >= 15 is 0 Å². The van der Waals surface area contributed by atoms with Crippen molar-refractivity contribution in [2.75, 3.05) is 11.4 Å². The molecule has 1 aliphatic carbocycles. The highest BCUT2D eigenvalue weighted by Gasteiger charge is 2.50. The van der Waals surface area contributed by atoms with Gasteiger partial charge in [-0.25, -0.2) is 0 Å². The summed E-state index contributed by atoms with van der Waals surface area (Å²) in [7, 11) is 0. The van der Waals surface area contributed by atoms with E-state index in [1.165, 1.54) is 17.5 Å². The second-order valence-electron chi connectivity index (χ2n) is 8.48. The highest BCUT2D eigenvalue weighted by Crippen LogP contribution is 2.43. The van der Waals surface area contributed by atoms with E-state index in [9.17, 15) is 14.7 Å². The average molecular weight is 377 g/mol. The average Bonchev–Trinajstić information content (AvgIpc) is 2.89. The van der Waals surface area contributed by atoms with Gasteiger partial charge in [-0.3, -0.25) is 9.59 Å². The van der Waals surface area contributed by atoms with Crippen LogP contribution in [0.5, 0.6) is 0 Å². The van der Waals surface area contributed by atoms with E-state index in [4.69, 9.17) is 0 Å². The second kappa shape index (κ2) is 7.17. The largest absolute Gasteiger partial charge is 0.375 e. The minimum atomic E-state index is -1.79. The van der Waals surface area contributed by atoms with Crippen LogP contribution in [0.15, 0.2) is 42.5 Å². The zero-order valence-corrected chi connectivity index (χ0v) is 16.6. The molecule has 0 spiro atoms. The first kappa shape index (κ1) is 18.9. The van der Waals surface area contributed by atoms with Crippen molar-refractivity contribution in [2.45, 2.75) is 51.6 Å². The summed E-state index contributed by atoms with van der Waals surface area (Å²) < 4.78 is 0. The molecule has 4 nitrogen and oxygen atoms in total. The Kier molecular flexibility index (Phi) is 4.84. The number of para-hydroxylation sites is 1. The number of nitrogens with zero attached hydrogens (tertiary/aromatic N) is 1. The molecule has 0 bridgehead atoms. The summed E-state index contributed by atoms with van der Waals surface area (Å²) in [5.74, 6) is -0.324. The third kappa shape index (κ3) is 3.16. The van der Waals surface area contributed by atoms with Crippen LogP contribution in [0.2, 0.25) is 0 Å². The molecule has 0 aromatic heterocycles. The lowest BCUT2D eigenvalue weighted by Crippen LogP contribution is -2.43. The Hall–Kier alpha value is -2.46. The first-order chi connectivity index (χ1) is 13.4. The van der Waals surface area contributed by atoms with Crippen molar-refractivity contribution in [3.8, 4) is 0 Å². The minimum absolute atomic E-state index is 0.189. The molecule has 1 heterocycles. The van der Waals surface area contributed by atoms with Gasteiger partial charge in [-0.05, 0) is 54.9 Å². The summed E-state index contributed by atoms with van der Waals surface area (Å²) in [4.78, 5) is 27.8. The zero-order valence-electron chi connectivity index (χ0n) is 16.6. The molecule has 1 amide bonds. The number of ketones is 1. The molecule has 1 N–H and O–H groups in total. The highest BCUT2D eigenvalue weighted by atomic mass is 16.3. The summed E-state index contributed by atoms with van der Waals surface area (Å²) >= 11 is 0. The van der Waals surface area contributed by atoms with E-state index in [2.05, 4.69) is 0 Å². The fraction of sp³-hybridized carbons (Fsp3) is 0.417. The number of amides is 1. The maximum atomic E-state index is 13.1. The summed E-state index contributed by atoms with van der Waals surface area (Å²) in [6.45, 7) is 4.59. The Labute approximate surface area is 166 Å². The molecule has 146 valence electrons. The van der Waals surface area contributed by atoms with Gasteiger partial charge in [-0.15, -0.1) is 0 Å². The van der Waals surface area contributed by atoms with Gasteiger partial charge in [0, 0.05) is 17.7 Å². The van der Waals surface area contributed by atoms with Gasteiger partial charge in [-0.1, -0.05) is 44.2 Å². The molecule has 0 fully saturated rings. The predicted octanol–water partition coefficient (Wildman–Crippen LogP) is 4.03. The van der Waals surface area contributed by atoms with E-state index in [1.54, 1.807) is 17.0 Å². The quantitative estimate of drug-likeness (QED) is 0.801. The molecule has 0 saturated carbocycles. The van der Waals surface area contributed by atoms with Crippen LogP contribution in [0.1, 0.15) is 60.2 Å². The Morgan fingerprint density at radius 2 is 1.82 bits per heavy atom. The predicted molar refractivity (Wildman–Crippen MR) is 110 cm³/mol. The number of hydrogen-bond donors (Lipinski definition) is 1. The van der Waals surface area contributed by atoms with Crippen LogP contribution < -0.4 is 4.90 Å². The molecule has 4 heteroatoms. The molecule has 2 aromatic carbocycles. The van der Waals surface area contributed by atoms with E-state index in [1.807, 2.05) is 44.2 Å². The molecular weight excluding hydrogens is 350 g/mol. The van der Waals surface area contributed by atoms with Crippen LogP contribution >= 0.6 is 0 Å². The van der Waals surface area contributed by atoms with E-state index in [0.29, 0.717) is 23.4 Å². The van der Waals surface area contributed by atoms with Crippen LogP contribution in [0, 0.1) is 5.92 Å². The Morgan fingerprint density at radius 3 is 2.57 bits per heavy atom. The van der Waals surface area contributed by atoms with Crippen molar-refractivity contribution in [3.63, 3.8) is 0 Å². The number of anilines is 1. The molecule has 1 atom stereocenters. The van der Waals surface area contributed by atoms with Crippen molar-refractivity contribution in [3.05, 3.63) is 64.7 Å². The summed E-state index contributed by atoms with van der Waals surface area (Å²) in [6.07, 6.45) is 4.16. The summed E-state index contributed by atoms with van der Waals surface area (Å²) in [5.41, 5.74) is 2.57. The normalized spacial score (nSPS) is 21.0. The van der Waals surface area contributed by atoms with E-state index < -0.39 is 11.5 Å².